The van der Waals surface area contributed by atoms with Crippen LogP contribution in [0.25, 0.3) is 0 Å². The molecule has 0 rings (SSSR count). The molecule has 0 fully saturated rings. The molecule has 5 heteroatoms. The molecule has 0 N–H and O–H groups in total. The summed E-state index contributed by atoms with van der Waals surface area (Å²) in [6.07, 6.45) is 4.07. The van der Waals surface area contributed by atoms with Gasteiger partial charge in [-0.1, -0.05) is 20.3 Å². The number of hydrogen-bond donors (Lipinski definition) is 0. The molecule has 0 aliphatic heterocycles. The Morgan fingerprint density at radius 1 is 1.05 bits per heavy atom. The molecule has 112 valence electrons. The van der Waals surface area contributed by atoms with Crippen LogP contribution >= 0.6 is 0 Å². The van der Waals surface area contributed by atoms with Gasteiger partial charge in [-0.05, 0) is 32.6 Å². The first-order valence-corrected chi connectivity index (χ1v) is 7.14. The summed E-state index contributed by atoms with van der Waals surface area (Å²) in [4.78, 5) is 32.3. The van der Waals surface area contributed by atoms with Gasteiger partial charge in [-0.25, -0.2) is 4.79 Å². The first kappa shape index (κ1) is 17.9. The molecule has 0 aliphatic carbocycles. The van der Waals surface area contributed by atoms with Gasteiger partial charge in [-0.2, -0.15) is 4.89 Å². The molecular weight excluding hydrogens is 248 g/mol. The van der Waals surface area contributed by atoms with E-state index in [0.29, 0.717) is 32.5 Å². The van der Waals surface area contributed by atoms with E-state index in [1.165, 1.54) is 0 Å². The van der Waals surface area contributed by atoms with Crippen LogP contribution in [0, 0.1) is 5.92 Å². The van der Waals surface area contributed by atoms with E-state index in [0.717, 1.165) is 19.3 Å². The molecular formula is C14H26O5. The molecule has 19 heavy (non-hydrogen) atoms. The Morgan fingerprint density at radius 3 is 2.37 bits per heavy atom. The van der Waals surface area contributed by atoms with Crippen molar-refractivity contribution < 1.29 is 24.1 Å². The highest BCUT2D eigenvalue weighted by Crippen LogP contribution is 2.17. The summed E-state index contributed by atoms with van der Waals surface area (Å²) in [7, 11) is 0. The van der Waals surface area contributed by atoms with Gasteiger partial charge in [0, 0.05) is 6.42 Å². The molecule has 5 nitrogen and oxygen atoms in total. The number of esters is 1. The first-order chi connectivity index (χ1) is 9.15. The summed E-state index contributed by atoms with van der Waals surface area (Å²) < 4.78 is 4.98. The Labute approximate surface area is 115 Å². The molecule has 0 radical (unpaired) electrons. The van der Waals surface area contributed by atoms with Gasteiger partial charge in [-0.3, -0.25) is 9.68 Å². The van der Waals surface area contributed by atoms with Crippen LogP contribution in [0.2, 0.25) is 0 Å². The highest BCUT2D eigenvalue weighted by molar-refractivity contribution is 5.72. The van der Waals surface area contributed by atoms with E-state index in [4.69, 9.17) is 4.74 Å². The number of carbonyl (C=O) groups excluding carboxylic acids is 2. The highest BCUT2D eigenvalue weighted by Gasteiger charge is 2.20. The minimum atomic E-state index is -0.342. The summed E-state index contributed by atoms with van der Waals surface area (Å²) in [5.41, 5.74) is 0. The third-order valence-electron chi connectivity index (χ3n) is 2.63. The zero-order chi connectivity index (χ0) is 14.5. The van der Waals surface area contributed by atoms with Gasteiger partial charge in [0.05, 0.1) is 19.1 Å². The zero-order valence-electron chi connectivity index (χ0n) is 12.3. The second-order valence-electron chi connectivity index (χ2n) is 4.41. The maximum Gasteiger partial charge on any atom is 0.345 e. The van der Waals surface area contributed by atoms with Crippen LogP contribution in [0.15, 0.2) is 0 Å². The number of ether oxygens (including phenoxy) is 1. The molecule has 1 atom stereocenters. The van der Waals surface area contributed by atoms with Gasteiger partial charge in [0.25, 0.3) is 0 Å². The van der Waals surface area contributed by atoms with Crippen LogP contribution in [0.3, 0.4) is 0 Å². The van der Waals surface area contributed by atoms with E-state index in [2.05, 4.69) is 9.78 Å². The van der Waals surface area contributed by atoms with Crippen molar-refractivity contribution in [2.75, 3.05) is 13.2 Å². The van der Waals surface area contributed by atoms with Gasteiger partial charge in [-0.15, -0.1) is 0 Å². The van der Waals surface area contributed by atoms with Crippen LogP contribution in [-0.4, -0.2) is 25.2 Å². The van der Waals surface area contributed by atoms with Crippen molar-refractivity contribution in [1.29, 1.82) is 0 Å². The molecule has 0 spiro atoms. The second-order valence-corrected chi connectivity index (χ2v) is 4.41. The van der Waals surface area contributed by atoms with E-state index in [-0.39, 0.29) is 17.9 Å². The fourth-order valence-electron chi connectivity index (χ4n) is 1.69. The van der Waals surface area contributed by atoms with Crippen LogP contribution in [0.5, 0.6) is 0 Å². The van der Waals surface area contributed by atoms with E-state index in [9.17, 15) is 9.59 Å². The van der Waals surface area contributed by atoms with Crippen LogP contribution < -0.4 is 0 Å². The fourth-order valence-corrected chi connectivity index (χ4v) is 1.69. The van der Waals surface area contributed by atoms with E-state index in [1.54, 1.807) is 6.92 Å². The maximum absolute atomic E-state index is 11.7. The Hall–Kier alpha value is -1.10. The molecule has 0 aromatic carbocycles. The van der Waals surface area contributed by atoms with Crippen molar-refractivity contribution in [3.05, 3.63) is 0 Å². The average molecular weight is 274 g/mol. The maximum atomic E-state index is 11.7. The predicted octanol–water partition coefficient (Wildman–Crippen LogP) is 3.02. The largest absolute Gasteiger partial charge is 0.466 e. The lowest BCUT2D eigenvalue weighted by Gasteiger charge is -2.13. The van der Waals surface area contributed by atoms with Crippen molar-refractivity contribution in [2.45, 2.75) is 59.3 Å². The topological polar surface area (TPSA) is 61.8 Å². The van der Waals surface area contributed by atoms with Crippen LogP contribution in [-0.2, 0) is 24.1 Å². The van der Waals surface area contributed by atoms with Crippen molar-refractivity contribution in [2.24, 2.45) is 5.92 Å². The molecule has 0 aromatic heterocycles. The van der Waals surface area contributed by atoms with Crippen LogP contribution in [0.4, 0.5) is 0 Å². The second kappa shape index (κ2) is 12.0. The summed E-state index contributed by atoms with van der Waals surface area (Å²) >= 11 is 0. The third-order valence-corrected chi connectivity index (χ3v) is 2.63. The Bertz CT molecular complexity index is 252. The monoisotopic (exact) mass is 274 g/mol. The van der Waals surface area contributed by atoms with Gasteiger partial charge in [0.15, 0.2) is 0 Å². The third kappa shape index (κ3) is 9.47. The predicted molar refractivity (Wildman–Crippen MR) is 71.2 cm³/mol. The molecule has 1 unspecified atom stereocenters. The Balaban J connectivity index is 3.93. The lowest BCUT2D eigenvalue weighted by molar-refractivity contribution is -0.273. The number of hydrogen-bond acceptors (Lipinski definition) is 5. The summed E-state index contributed by atoms with van der Waals surface area (Å²) in [6.45, 7) is 6.52. The molecule has 0 aromatic rings. The van der Waals surface area contributed by atoms with E-state index < -0.39 is 0 Å². The molecule has 0 aliphatic rings. The van der Waals surface area contributed by atoms with Crippen LogP contribution in [0.1, 0.15) is 59.3 Å². The quantitative estimate of drug-likeness (QED) is 0.329. The average Bonchev–Trinajstić information content (AvgIpc) is 2.41. The minimum Gasteiger partial charge on any atom is -0.466 e. The standard InChI is InChI=1S/C14H26O5/c1-4-8-12(14(16)19-18-6-3)9-7-10-13(15)17-11-5-2/h12H,4-11H2,1-3H3. The molecule has 0 heterocycles. The lowest BCUT2D eigenvalue weighted by atomic mass is 9.97. The lowest BCUT2D eigenvalue weighted by Crippen LogP contribution is -2.18. The molecule has 0 saturated carbocycles. The highest BCUT2D eigenvalue weighted by atomic mass is 17.2. The number of rotatable bonds is 11. The fraction of sp³-hybridized carbons (Fsp3) is 0.857. The summed E-state index contributed by atoms with van der Waals surface area (Å²) in [5.74, 6) is -0.739. The van der Waals surface area contributed by atoms with Crippen molar-refractivity contribution in [3.63, 3.8) is 0 Å². The van der Waals surface area contributed by atoms with Crippen molar-refractivity contribution in [3.8, 4) is 0 Å². The van der Waals surface area contributed by atoms with Gasteiger partial charge >= 0.3 is 11.9 Å². The smallest absolute Gasteiger partial charge is 0.345 e. The van der Waals surface area contributed by atoms with E-state index in [1.807, 2.05) is 13.8 Å². The zero-order valence-corrected chi connectivity index (χ0v) is 12.3. The molecule has 0 saturated heterocycles. The minimum absolute atomic E-state index is 0.199. The first-order valence-electron chi connectivity index (χ1n) is 7.14. The van der Waals surface area contributed by atoms with E-state index >= 15 is 0 Å². The summed E-state index contributed by atoms with van der Waals surface area (Å²) in [6, 6.07) is 0. The SMILES string of the molecule is CCCOC(=O)CCCC(CCC)C(=O)OOCC. The molecule has 0 bridgehead atoms. The van der Waals surface area contributed by atoms with Crippen molar-refractivity contribution >= 4 is 11.9 Å². The van der Waals surface area contributed by atoms with Gasteiger partial charge in [0.2, 0.25) is 0 Å². The van der Waals surface area contributed by atoms with Crippen molar-refractivity contribution in [1.82, 2.24) is 0 Å². The number of carbonyl (C=O) groups is 2. The van der Waals surface area contributed by atoms with Gasteiger partial charge in [0.1, 0.15) is 0 Å². The van der Waals surface area contributed by atoms with Gasteiger partial charge < -0.3 is 4.74 Å². The summed E-state index contributed by atoms with van der Waals surface area (Å²) in [5, 5.41) is 0. The Morgan fingerprint density at radius 2 is 1.79 bits per heavy atom. The normalized spacial score (nSPS) is 11.9. The Kier molecular flexibility index (Phi) is 11.3. The molecule has 0 amide bonds.